The van der Waals surface area contributed by atoms with Crippen molar-refractivity contribution in [2.75, 3.05) is 6.54 Å². The summed E-state index contributed by atoms with van der Waals surface area (Å²) in [6.07, 6.45) is 6.59. The fraction of sp³-hybridized carbons (Fsp3) is 0.346. The standard InChI is InChI=1S/C26H31FN2O/c1-2-3-7-18-29(26(30)17-14-22-9-5-4-6-10-22)21-25-11-8-19-28(25)20-23-12-15-24(27)16-13-23/h4-6,8-13,15-16,19H,2-3,7,14,17-18,20-21H2,1H3. The molecule has 0 N–H and O–H groups in total. The molecule has 0 atom stereocenters. The maximum atomic E-state index is 13.2. The van der Waals surface area contributed by atoms with E-state index in [4.69, 9.17) is 0 Å². The molecular weight excluding hydrogens is 375 g/mol. The van der Waals surface area contributed by atoms with Gasteiger partial charge in [0.1, 0.15) is 5.82 Å². The Morgan fingerprint density at radius 3 is 2.43 bits per heavy atom. The summed E-state index contributed by atoms with van der Waals surface area (Å²) in [6, 6.07) is 20.8. The van der Waals surface area contributed by atoms with Crippen LogP contribution in [0.15, 0.2) is 72.9 Å². The maximum absolute atomic E-state index is 13.2. The molecule has 0 bridgehead atoms. The number of rotatable bonds is 11. The number of amides is 1. The van der Waals surface area contributed by atoms with Gasteiger partial charge in [0.05, 0.1) is 6.54 Å². The Labute approximate surface area is 179 Å². The highest BCUT2D eigenvalue weighted by molar-refractivity contribution is 5.76. The van der Waals surface area contributed by atoms with Crippen molar-refractivity contribution >= 4 is 5.91 Å². The molecule has 1 heterocycles. The van der Waals surface area contributed by atoms with Crippen LogP contribution < -0.4 is 0 Å². The number of nitrogens with zero attached hydrogens (tertiary/aromatic N) is 2. The zero-order valence-electron chi connectivity index (χ0n) is 17.8. The van der Waals surface area contributed by atoms with Crippen LogP contribution in [0.5, 0.6) is 0 Å². The molecule has 0 spiro atoms. The van der Waals surface area contributed by atoms with Crippen LogP contribution in [-0.4, -0.2) is 21.9 Å². The van der Waals surface area contributed by atoms with Crippen molar-refractivity contribution < 1.29 is 9.18 Å². The summed E-state index contributed by atoms with van der Waals surface area (Å²) in [7, 11) is 0. The minimum Gasteiger partial charge on any atom is -0.345 e. The van der Waals surface area contributed by atoms with Gasteiger partial charge in [0.2, 0.25) is 5.91 Å². The first-order valence-electron chi connectivity index (χ1n) is 10.9. The number of aryl methyl sites for hydroxylation is 1. The molecular formula is C26H31FN2O. The number of hydrogen-bond acceptors (Lipinski definition) is 1. The van der Waals surface area contributed by atoms with Gasteiger partial charge in [0.15, 0.2) is 0 Å². The molecule has 0 aliphatic heterocycles. The Bertz CT molecular complexity index is 902. The van der Waals surface area contributed by atoms with Gasteiger partial charge in [0.25, 0.3) is 0 Å². The van der Waals surface area contributed by atoms with Crippen LogP contribution in [0.4, 0.5) is 4.39 Å². The van der Waals surface area contributed by atoms with Gasteiger partial charge in [-0.1, -0.05) is 62.2 Å². The zero-order valence-corrected chi connectivity index (χ0v) is 17.8. The van der Waals surface area contributed by atoms with Crippen LogP contribution in [0.3, 0.4) is 0 Å². The summed E-state index contributed by atoms with van der Waals surface area (Å²) in [6.45, 7) is 4.23. The molecule has 0 saturated carbocycles. The van der Waals surface area contributed by atoms with Gasteiger partial charge < -0.3 is 9.47 Å². The highest BCUT2D eigenvalue weighted by atomic mass is 19.1. The predicted octanol–water partition coefficient (Wildman–Crippen LogP) is 5.83. The molecule has 0 aliphatic carbocycles. The second-order valence-electron chi connectivity index (χ2n) is 7.76. The van der Waals surface area contributed by atoms with Gasteiger partial charge in [-0.05, 0) is 48.2 Å². The second-order valence-corrected chi connectivity index (χ2v) is 7.76. The van der Waals surface area contributed by atoms with Crippen LogP contribution in [-0.2, 0) is 24.3 Å². The third-order valence-corrected chi connectivity index (χ3v) is 5.40. The van der Waals surface area contributed by atoms with Crippen molar-refractivity contribution in [3.05, 3.63) is 95.6 Å². The minimum absolute atomic E-state index is 0.199. The first kappa shape index (κ1) is 21.8. The third kappa shape index (κ3) is 6.58. The van der Waals surface area contributed by atoms with Gasteiger partial charge in [0, 0.05) is 31.4 Å². The molecule has 3 aromatic rings. The van der Waals surface area contributed by atoms with E-state index < -0.39 is 0 Å². The molecule has 0 aliphatic rings. The van der Waals surface area contributed by atoms with Crippen LogP contribution in [0.1, 0.15) is 49.4 Å². The molecule has 3 rings (SSSR count). The molecule has 3 nitrogen and oxygen atoms in total. The number of halogens is 1. The van der Waals surface area contributed by atoms with Crippen LogP contribution >= 0.6 is 0 Å². The number of hydrogen-bond donors (Lipinski definition) is 0. The van der Waals surface area contributed by atoms with E-state index in [0.717, 1.165) is 43.5 Å². The van der Waals surface area contributed by atoms with E-state index in [-0.39, 0.29) is 11.7 Å². The normalized spacial score (nSPS) is 10.9. The van der Waals surface area contributed by atoms with Gasteiger partial charge in [-0.2, -0.15) is 0 Å². The van der Waals surface area contributed by atoms with Crippen LogP contribution in [0.2, 0.25) is 0 Å². The average Bonchev–Trinajstić information content (AvgIpc) is 3.20. The molecule has 0 radical (unpaired) electrons. The quantitative estimate of drug-likeness (QED) is 0.368. The van der Waals surface area contributed by atoms with E-state index in [0.29, 0.717) is 19.5 Å². The Hall–Kier alpha value is -2.88. The number of unbranched alkanes of at least 4 members (excludes halogenated alkanes) is 2. The molecule has 0 unspecified atom stereocenters. The first-order chi connectivity index (χ1) is 14.7. The highest BCUT2D eigenvalue weighted by Gasteiger charge is 2.16. The molecule has 0 fully saturated rings. The Morgan fingerprint density at radius 1 is 0.933 bits per heavy atom. The molecule has 4 heteroatoms. The lowest BCUT2D eigenvalue weighted by Gasteiger charge is -2.24. The number of benzene rings is 2. The molecule has 158 valence electrons. The van der Waals surface area contributed by atoms with Crippen molar-refractivity contribution in [2.24, 2.45) is 0 Å². The van der Waals surface area contributed by atoms with Crippen LogP contribution in [0.25, 0.3) is 0 Å². The van der Waals surface area contributed by atoms with Crippen molar-refractivity contribution in [3.63, 3.8) is 0 Å². The molecule has 0 saturated heterocycles. The maximum Gasteiger partial charge on any atom is 0.223 e. The van der Waals surface area contributed by atoms with E-state index >= 15 is 0 Å². The topological polar surface area (TPSA) is 25.2 Å². The molecule has 30 heavy (non-hydrogen) atoms. The number of carbonyl (C=O) groups is 1. The summed E-state index contributed by atoms with van der Waals surface area (Å²) < 4.78 is 15.3. The predicted molar refractivity (Wildman–Crippen MR) is 120 cm³/mol. The molecule has 2 aromatic carbocycles. The summed E-state index contributed by atoms with van der Waals surface area (Å²) in [5.74, 6) is -0.0259. The van der Waals surface area contributed by atoms with Crippen molar-refractivity contribution in [2.45, 2.75) is 52.1 Å². The monoisotopic (exact) mass is 406 g/mol. The second kappa shape index (κ2) is 11.3. The van der Waals surface area contributed by atoms with Crippen molar-refractivity contribution in [1.82, 2.24) is 9.47 Å². The average molecular weight is 407 g/mol. The van der Waals surface area contributed by atoms with E-state index in [2.05, 4.69) is 29.7 Å². The summed E-state index contributed by atoms with van der Waals surface area (Å²) in [4.78, 5) is 15.0. The summed E-state index contributed by atoms with van der Waals surface area (Å²) in [5.41, 5.74) is 3.34. The fourth-order valence-electron chi connectivity index (χ4n) is 3.63. The lowest BCUT2D eigenvalue weighted by Crippen LogP contribution is -2.32. The lowest BCUT2D eigenvalue weighted by atomic mass is 10.1. The van der Waals surface area contributed by atoms with Crippen molar-refractivity contribution in [1.29, 1.82) is 0 Å². The lowest BCUT2D eigenvalue weighted by molar-refractivity contribution is -0.132. The van der Waals surface area contributed by atoms with E-state index in [1.807, 2.05) is 47.5 Å². The van der Waals surface area contributed by atoms with E-state index in [9.17, 15) is 9.18 Å². The van der Waals surface area contributed by atoms with Gasteiger partial charge >= 0.3 is 0 Å². The van der Waals surface area contributed by atoms with Crippen LogP contribution in [0, 0.1) is 5.82 Å². The zero-order chi connectivity index (χ0) is 21.2. The van der Waals surface area contributed by atoms with Gasteiger partial charge in [-0.15, -0.1) is 0 Å². The first-order valence-corrected chi connectivity index (χ1v) is 10.9. The minimum atomic E-state index is -0.224. The van der Waals surface area contributed by atoms with E-state index in [1.54, 1.807) is 0 Å². The Kier molecular flexibility index (Phi) is 8.25. The fourth-order valence-corrected chi connectivity index (χ4v) is 3.63. The van der Waals surface area contributed by atoms with Gasteiger partial charge in [-0.3, -0.25) is 4.79 Å². The van der Waals surface area contributed by atoms with E-state index in [1.165, 1.54) is 17.7 Å². The number of carbonyl (C=O) groups excluding carboxylic acids is 1. The molecule has 1 aromatic heterocycles. The Morgan fingerprint density at radius 2 is 1.70 bits per heavy atom. The summed E-state index contributed by atoms with van der Waals surface area (Å²) in [5, 5.41) is 0. The highest BCUT2D eigenvalue weighted by Crippen LogP contribution is 2.14. The third-order valence-electron chi connectivity index (χ3n) is 5.40. The summed E-state index contributed by atoms with van der Waals surface area (Å²) >= 11 is 0. The number of aromatic nitrogens is 1. The smallest absolute Gasteiger partial charge is 0.223 e. The molecule has 1 amide bonds. The SMILES string of the molecule is CCCCCN(Cc1cccn1Cc1ccc(F)cc1)C(=O)CCc1ccccc1. The Balaban J connectivity index is 1.66. The van der Waals surface area contributed by atoms with Crippen molar-refractivity contribution in [3.8, 4) is 0 Å². The van der Waals surface area contributed by atoms with Gasteiger partial charge in [-0.25, -0.2) is 4.39 Å². The largest absolute Gasteiger partial charge is 0.345 e.